The van der Waals surface area contributed by atoms with Crippen LogP contribution >= 0.6 is 0 Å². The van der Waals surface area contributed by atoms with Gasteiger partial charge in [-0.05, 0) is 111 Å². The van der Waals surface area contributed by atoms with Gasteiger partial charge in [0, 0.05) is 38.3 Å². The molecule has 2 heterocycles. The van der Waals surface area contributed by atoms with E-state index in [9.17, 15) is 0 Å². The van der Waals surface area contributed by atoms with E-state index < -0.39 is 0 Å². The van der Waals surface area contributed by atoms with Crippen LogP contribution in [0.15, 0.2) is 182 Å². The molecular formula is C51H36N2. The fourth-order valence-electron chi connectivity index (χ4n) is 9.11. The summed E-state index contributed by atoms with van der Waals surface area (Å²) < 4.78 is 4.85. The van der Waals surface area contributed by atoms with E-state index >= 15 is 0 Å². The van der Waals surface area contributed by atoms with Crippen molar-refractivity contribution in [3.05, 3.63) is 193 Å². The lowest BCUT2D eigenvalue weighted by molar-refractivity contribution is 0.661. The van der Waals surface area contributed by atoms with Gasteiger partial charge >= 0.3 is 0 Å². The summed E-state index contributed by atoms with van der Waals surface area (Å²) in [5.74, 6) is 0. The highest BCUT2D eigenvalue weighted by molar-refractivity contribution is 6.14. The Bertz CT molecular complexity index is 3050. The first kappa shape index (κ1) is 30.0. The smallest absolute Gasteiger partial charge is 0.0544 e. The van der Waals surface area contributed by atoms with Gasteiger partial charge < -0.3 is 9.13 Å². The molecule has 0 saturated carbocycles. The first-order valence-electron chi connectivity index (χ1n) is 18.5. The molecule has 10 aromatic rings. The van der Waals surface area contributed by atoms with Crippen molar-refractivity contribution in [3.63, 3.8) is 0 Å². The van der Waals surface area contributed by atoms with Gasteiger partial charge in [0.15, 0.2) is 0 Å². The first-order valence-corrected chi connectivity index (χ1v) is 18.5. The van der Waals surface area contributed by atoms with Crippen LogP contribution in [0.25, 0.3) is 88.4 Å². The van der Waals surface area contributed by atoms with E-state index in [-0.39, 0.29) is 5.41 Å². The predicted octanol–water partition coefficient (Wildman–Crippen LogP) is 13.5. The molecule has 11 rings (SSSR count). The van der Waals surface area contributed by atoms with E-state index in [2.05, 4.69) is 205 Å². The van der Waals surface area contributed by atoms with Gasteiger partial charge in [0.25, 0.3) is 0 Å². The van der Waals surface area contributed by atoms with Crippen molar-refractivity contribution in [2.75, 3.05) is 0 Å². The quantitative estimate of drug-likeness (QED) is 0.176. The second-order valence-corrected chi connectivity index (χ2v) is 15.0. The minimum atomic E-state index is -0.0852. The lowest BCUT2D eigenvalue weighted by atomic mass is 9.82. The molecule has 0 spiro atoms. The molecule has 0 N–H and O–H groups in total. The zero-order valence-corrected chi connectivity index (χ0v) is 29.7. The molecule has 53 heavy (non-hydrogen) atoms. The molecular weight excluding hydrogens is 641 g/mol. The van der Waals surface area contributed by atoms with Crippen molar-refractivity contribution in [1.29, 1.82) is 0 Å². The van der Waals surface area contributed by atoms with Gasteiger partial charge in [-0.3, -0.25) is 0 Å². The van der Waals surface area contributed by atoms with Crippen LogP contribution in [0.2, 0.25) is 0 Å². The van der Waals surface area contributed by atoms with Crippen molar-refractivity contribution in [3.8, 4) is 44.8 Å². The number of fused-ring (bicyclic) bond motifs is 9. The third kappa shape index (κ3) is 4.39. The highest BCUT2D eigenvalue weighted by Crippen LogP contribution is 2.51. The third-order valence-corrected chi connectivity index (χ3v) is 11.7. The summed E-state index contributed by atoms with van der Waals surface area (Å²) in [7, 11) is 0. The molecule has 2 aromatic heterocycles. The van der Waals surface area contributed by atoms with E-state index in [0.29, 0.717) is 0 Å². The maximum absolute atomic E-state index is 2.47. The second kappa shape index (κ2) is 11.2. The molecule has 0 aliphatic heterocycles. The normalized spacial score (nSPS) is 13.2. The zero-order valence-electron chi connectivity index (χ0n) is 29.7. The van der Waals surface area contributed by atoms with E-state index in [1.165, 1.54) is 99.5 Å². The molecule has 250 valence electrons. The number of rotatable bonds is 4. The Morgan fingerprint density at radius 3 is 1.57 bits per heavy atom. The van der Waals surface area contributed by atoms with Gasteiger partial charge in [-0.25, -0.2) is 0 Å². The number of hydrogen-bond donors (Lipinski definition) is 0. The van der Waals surface area contributed by atoms with Crippen molar-refractivity contribution < 1.29 is 0 Å². The summed E-state index contributed by atoms with van der Waals surface area (Å²) in [6.45, 7) is 4.74. The molecule has 0 saturated heterocycles. The van der Waals surface area contributed by atoms with E-state index in [4.69, 9.17) is 0 Å². The molecule has 0 amide bonds. The van der Waals surface area contributed by atoms with Crippen LogP contribution in [0.3, 0.4) is 0 Å². The molecule has 0 radical (unpaired) electrons. The van der Waals surface area contributed by atoms with Gasteiger partial charge in [0.05, 0.1) is 22.1 Å². The van der Waals surface area contributed by atoms with Gasteiger partial charge in [0.1, 0.15) is 0 Å². The predicted molar refractivity (Wildman–Crippen MR) is 224 cm³/mol. The molecule has 0 atom stereocenters. The highest BCUT2D eigenvalue weighted by Gasteiger charge is 2.36. The lowest BCUT2D eigenvalue weighted by Crippen LogP contribution is -2.14. The van der Waals surface area contributed by atoms with Crippen molar-refractivity contribution in [1.82, 2.24) is 9.13 Å². The molecule has 0 fully saturated rings. The van der Waals surface area contributed by atoms with E-state index in [0.717, 1.165) is 0 Å². The van der Waals surface area contributed by atoms with Gasteiger partial charge in [-0.15, -0.1) is 0 Å². The Morgan fingerprint density at radius 1 is 0.321 bits per heavy atom. The largest absolute Gasteiger partial charge is 0.309 e. The molecule has 2 nitrogen and oxygen atoms in total. The van der Waals surface area contributed by atoms with Gasteiger partial charge in [0.2, 0.25) is 0 Å². The molecule has 8 aromatic carbocycles. The number of aromatic nitrogens is 2. The monoisotopic (exact) mass is 676 g/mol. The molecule has 0 bridgehead atoms. The van der Waals surface area contributed by atoms with E-state index in [1.807, 2.05) is 0 Å². The van der Waals surface area contributed by atoms with Crippen LogP contribution in [0.1, 0.15) is 25.0 Å². The second-order valence-electron chi connectivity index (χ2n) is 15.0. The zero-order chi connectivity index (χ0) is 35.3. The minimum Gasteiger partial charge on any atom is -0.309 e. The summed E-state index contributed by atoms with van der Waals surface area (Å²) in [5.41, 5.74) is 17.5. The van der Waals surface area contributed by atoms with Crippen molar-refractivity contribution >= 4 is 43.6 Å². The van der Waals surface area contributed by atoms with Crippen LogP contribution in [0.5, 0.6) is 0 Å². The van der Waals surface area contributed by atoms with E-state index in [1.54, 1.807) is 0 Å². The van der Waals surface area contributed by atoms with Gasteiger partial charge in [-0.1, -0.05) is 129 Å². The first-order chi connectivity index (χ1) is 26.0. The lowest BCUT2D eigenvalue weighted by Gasteiger charge is -2.21. The highest BCUT2D eigenvalue weighted by atomic mass is 15.0. The number of para-hydroxylation sites is 2. The topological polar surface area (TPSA) is 9.86 Å². The van der Waals surface area contributed by atoms with Crippen LogP contribution in [-0.2, 0) is 5.41 Å². The Kier molecular flexibility index (Phi) is 6.33. The molecule has 0 unspecified atom stereocenters. The average Bonchev–Trinajstić information content (AvgIpc) is 3.80. The van der Waals surface area contributed by atoms with Crippen molar-refractivity contribution in [2.45, 2.75) is 19.3 Å². The Labute approximate surface area is 308 Å². The maximum Gasteiger partial charge on any atom is 0.0544 e. The number of hydrogen-bond acceptors (Lipinski definition) is 0. The summed E-state index contributed by atoms with van der Waals surface area (Å²) >= 11 is 0. The van der Waals surface area contributed by atoms with Gasteiger partial charge in [-0.2, -0.15) is 0 Å². The molecule has 1 aliphatic carbocycles. The summed E-state index contributed by atoms with van der Waals surface area (Å²) in [4.78, 5) is 0. The summed E-state index contributed by atoms with van der Waals surface area (Å²) in [5, 5.41) is 5.07. The van der Waals surface area contributed by atoms with Crippen LogP contribution in [0.4, 0.5) is 0 Å². The summed E-state index contributed by atoms with van der Waals surface area (Å²) in [6.07, 6.45) is 0. The minimum absolute atomic E-state index is 0.0852. The van der Waals surface area contributed by atoms with Crippen molar-refractivity contribution in [2.24, 2.45) is 0 Å². The molecule has 1 aliphatic rings. The SMILES string of the molecule is CC1(C)c2ccccc2-c2cc3c4cc(-c5ccc6c(c5)c5ccccc5n6-c5ccccc5)ccc4n(-c4ccc(-c5ccccc5)cc4)c3cc21. The number of benzene rings is 8. The number of nitrogens with zero attached hydrogens (tertiary/aromatic N) is 2. The Morgan fingerprint density at radius 2 is 0.830 bits per heavy atom. The Hall–Kier alpha value is -6.64. The third-order valence-electron chi connectivity index (χ3n) is 11.7. The summed E-state index contributed by atoms with van der Waals surface area (Å²) in [6, 6.07) is 67.1. The van der Waals surface area contributed by atoms with Crippen LogP contribution < -0.4 is 0 Å². The Balaban J connectivity index is 1.14. The van der Waals surface area contributed by atoms with Crippen LogP contribution in [0, 0.1) is 0 Å². The molecule has 2 heteroatoms. The fourth-order valence-corrected chi connectivity index (χ4v) is 9.11. The standard InChI is InChI=1S/C51H36N2/c1-51(2)45-19-11-9-17-39(45)41-31-44-43-30-36(35-23-27-48-42(29-35)40-18-10-12-20-47(40)52(48)37-15-7-4-8-16-37)24-28-49(43)53(50(44)32-46(41)51)38-25-21-34(22-26-38)33-13-5-3-6-14-33/h3-32H,1-2H3. The maximum atomic E-state index is 2.47. The average molecular weight is 677 g/mol. The van der Waals surface area contributed by atoms with Crippen LogP contribution in [-0.4, -0.2) is 9.13 Å². The fraction of sp³-hybridized carbons (Fsp3) is 0.0588.